The van der Waals surface area contributed by atoms with Gasteiger partial charge in [-0.3, -0.25) is 9.59 Å². The van der Waals surface area contributed by atoms with E-state index in [-0.39, 0.29) is 11.3 Å². The predicted molar refractivity (Wildman–Crippen MR) is 129 cm³/mol. The third-order valence-electron chi connectivity index (χ3n) is 6.36. The number of aliphatic hydroxyl groups excluding tert-OH is 1. The second-order valence-electron chi connectivity index (χ2n) is 8.96. The largest absolute Gasteiger partial charge is 0.507 e. The molecule has 0 bridgehead atoms. The number of hydrogen-bond donors (Lipinski definition) is 1. The number of likely N-dealkylation sites (tertiary alicyclic amines) is 1. The molecule has 0 spiro atoms. The first kappa shape index (κ1) is 22.9. The van der Waals surface area contributed by atoms with Gasteiger partial charge in [0, 0.05) is 19.2 Å². The van der Waals surface area contributed by atoms with Crippen LogP contribution in [0.1, 0.15) is 29.2 Å². The first-order valence-corrected chi connectivity index (χ1v) is 11.3. The summed E-state index contributed by atoms with van der Waals surface area (Å²) in [7, 11) is 5.91. The van der Waals surface area contributed by atoms with Crippen molar-refractivity contribution in [2.45, 2.75) is 19.4 Å². The van der Waals surface area contributed by atoms with Crippen LogP contribution >= 0.6 is 0 Å². The summed E-state index contributed by atoms with van der Waals surface area (Å²) in [4.78, 5) is 32.0. The standard InChI is InChI=1S/C26H31N3O4/c1-17-8-5-6-9-19(17)23-22(25(31)26(32)29(23)13-7-12-27(2)3)24(30)18-10-11-21-20(16-18)28(4)14-15-33-21/h5-6,8-11,16,23,30H,7,12-15H2,1-4H3/b24-22+. The van der Waals surface area contributed by atoms with Crippen molar-refractivity contribution in [1.82, 2.24) is 9.80 Å². The fourth-order valence-electron chi connectivity index (χ4n) is 4.54. The highest BCUT2D eigenvalue weighted by molar-refractivity contribution is 6.46. The molecule has 2 aromatic carbocycles. The molecule has 1 unspecified atom stereocenters. The van der Waals surface area contributed by atoms with E-state index < -0.39 is 17.7 Å². The number of rotatable bonds is 6. The van der Waals surface area contributed by atoms with Gasteiger partial charge < -0.3 is 24.5 Å². The molecule has 2 aromatic rings. The van der Waals surface area contributed by atoms with Gasteiger partial charge in [-0.15, -0.1) is 0 Å². The summed E-state index contributed by atoms with van der Waals surface area (Å²) >= 11 is 0. The monoisotopic (exact) mass is 449 g/mol. The molecule has 174 valence electrons. The molecule has 1 atom stereocenters. The number of carbonyl (C=O) groups is 2. The van der Waals surface area contributed by atoms with Crippen molar-refractivity contribution in [3.8, 4) is 5.75 Å². The van der Waals surface area contributed by atoms with Gasteiger partial charge in [0.05, 0.1) is 23.8 Å². The fraction of sp³-hybridized carbons (Fsp3) is 0.385. The van der Waals surface area contributed by atoms with E-state index in [1.54, 1.807) is 17.0 Å². The second kappa shape index (κ2) is 9.27. The number of fused-ring (bicyclic) bond motifs is 1. The Morgan fingerprint density at radius 2 is 1.94 bits per heavy atom. The van der Waals surface area contributed by atoms with Crippen molar-refractivity contribution in [1.29, 1.82) is 0 Å². The Morgan fingerprint density at radius 1 is 1.18 bits per heavy atom. The maximum absolute atomic E-state index is 13.2. The SMILES string of the molecule is Cc1ccccc1C1/C(=C(\O)c2ccc3c(c2)N(C)CCO3)C(=O)C(=O)N1CCCN(C)C. The molecule has 1 fully saturated rings. The molecule has 2 heterocycles. The lowest BCUT2D eigenvalue weighted by atomic mass is 9.92. The first-order chi connectivity index (χ1) is 15.8. The third kappa shape index (κ3) is 4.33. The maximum Gasteiger partial charge on any atom is 0.295 e. The van der Waals surface area contributed by atoms with Crippen molar-refractivity contribution in [2.75, 3.05) is 52.3 Å². The summed E-state index contributed by atoms with van der Waals surface area (Å²) in [5, 5.41) is 11.4. The molecular weight excluding hydrogens is 418 g/mol. The number of anilines is 1. The number of ketones is 1. The van der Waals surface area contributed by atoms with Gasteiger partial charge in [0.1, 0.15) is 18.1 Å². The molecule has 2 aliphatic rings. The minimum absolute atomic E-state index is 0.137. The predicted octanol–water partition coefficient (Wildman–Crippen LogP) is 3.20. The van der Waals surface area contributed by atoms with E-state index in [1.165, 1.54) is 0 Å². The third-order valence-corrected chi connectivity index (χ3v) is 6.36. The number of hydrogen-bond acceptors (Lipinski definition) is 6. The van der Waals surface area contributed by atoms with Crippen molar-refractivity contribution in [2.24, 2.45) is 0 Å². The summed E-state index contributed by atoms with van der Waals surface area (Å²) in [6.45, 7) is 4.51. The molecule has 4 rings (SSSR count). The number of likely N-dealkylation sites (N-methyl/N-ethyl adjacent to an activating group) is 1. The molecule has 1 N–H and O–H groups in total. The molecular formula is C26H31N3O4. The van der Waals surface area contributed by atoms with Crippen molar-refractivity contribution >= 4 is 23.1 Å². The van der Waals surface area contributed by atoms with Crippen molar-refractivity contribution in [3.63, 3.8) is 0 Å². The number of carbonyl (C=O) groups excluding carboxylic acids is 2. The van der Waals surface area contributed by atoms with Gasteiger partial charge in [0.15, 0.2) is 0 Å². The smallest absolute Gasteiger partial charge is 0.295 e. The highest BCUT2D eigenvalue weighted by Crippen LogP contribution is 2.42. The minimum Gasteiger partial charge on any atom is -0.507 e. The molecule has 0 saturated carbocycles. The molecule has 7 nitrogen and oxygen atoms in total. The van der Waals surface area contributed by atoms with Gasteiger partial charge in [-0.25, -0.2) is 0 Å². The Labute approximate surface area is 194 Å². The van der Waals surface area contributed by atoms with E-state index in [0.29, 0.717) is 18.7 Å². The van der Waals surface area contributed by atoms with E-state index >= 15 is 0 Å². The molecule has 0 radical (unpaired) electrons. The highest BCUT2D eigenvalue weighted by Gasteiger charge is 2.46. The van der Waals surface area contributed by atoms with Crippen LogP contribution in [0.2, 0.25) is 0 Å². The van der Waals surface area contributed by atoms with Crippen LogP contribution in [0.5, 0.6) is 5.75 Å². The number of benzene rings is 2. The quantitative estimate of drug-likeness (QED) is 0.415. The second-order valence-corrected chi connectivity index (χ2v) is 8.96. The van der Waals surface area contributed by atoms with Gasteiger partial charge in [0.2, 0.25) is 0 Å². The lowest BCUT2D eigenvalue weighted by Gasteiger charge is -2.28. The Morgan fingerprint density at radius 3 is 2.67 bits per heavy atom. The van der Waals surface area contributed by atoms with E-state index in [9.17, 15) is 14.7 Å². The van der Waals surface area contributed by atoms with E-state index in [1.807, 2.05) is 68.2 Å². The lowest BCUT2D eigenvalue weighted by molar-refractivity contribution is -0.139. The molecule has 1 amide bonds. The number of ether oxygens (including phenoxy) is 1. The Hall–Kier alpha value is -3.32. The molecule has 0 aliphatic carbocycles. The number of aliphatic hydroxyl groups is 1. The summed E-state index contributed by atoms with van der Waals surface area (Å²) in [5.41, 5.74) is 3.29. The van der Waals surface area contributed by atoms with Gasteiger partial charge in [-0.1, -0.05) is 24.3 Å². The number of Topliss-reactive ketones (excluding diaryl/α,β-unsaturated/α-hetero) is 1. The van der Waals surface area contributed by atoms with Gasteiger partial charge in [0.25, 0.3) is 11.7 Å². The molecule has 1 saturated heterocycles. The van der Waals surface area contributed by atoms with Crippen LogP contribution in [0.15, 0.2) is 48.0 Å². The summed E-state index contributed by atoms with van der Waals surface area (Å²) in [5.74, 6) is -0.631. The number of nitrogens with zero attached hydrogens (tertiary/aromatic N) is 3. The minimum atomic E-state index is -0.645. The van der Waals surface area contributed by atoms with Gasteiger partial charge >= 0.3 is 0 Å². The Kier molecular flexibility index (Phi) is 6.42. The topological polar surface area (TPSA) is 73.3 Å². The summed E-state index contributed by atoms with van der Waals surface area (Å²) in [6.07, 6.45) is 0.726. The fourth-order valence-corrected chi connectivity index (χ4v) is 4.54. The molecule has 7 heteroatoms. The molecule has 33 heavy (non-hydrogen) atoms. The van der Waals surface area contributed by atoms with Crippen LogP contribution in [0.3, 0.4) is 0 Å². The summed E-state index contributed by atoms with van der Waals surface area (Å²) < 4.78 is 5.71. The first-order valence-electron chi connectivity index (χ1n) is 11.3. The van der Waals surface area contributed by atoms with Gasteiger partial charge in [-0.2, -0.15) is 0 Å². The Bertz CT molecular complexity index is 1110. The average molecular weight is 450 g/mol. The van der Waals surface area contributed by atoms with Crippen LogP contribution in [0, 0.1) is 6.92 Å². The maximum atomic E-state index is 13.2. The number of amides is 1. The van der Waals surface area contributed by atoms with Crippen molar-refractivity contribution < 1.29 is 19.4 Å². The van der Waals surface area contributed by atoms with Crippen LogP contribution in [-0.4, -0.2) is 74.0 Å². The van der Waals surface area contributed by atoms with Crippen LogP contribution in [-0.2, 0) is 9.59 Å². The van der Waals surface area contributed by atoms with E-state index in [2.05, 4.69) is 0 Å². The zero-order valence-corrected chi connectivity index (χ0v) is 19.7. The number of aryl methyl sites for hydroxylation is 1. The lowest BCUT2D eigenvalue weighted by Crippen LogP contribution is -2.32. The zero-order chi connectivity index (χ0) is 23.7. The van der Waals surface area contributed by atoms with E-state index in [4.69, 9.17) is 4.74 Å². The zero-order valence-electron chi connectivity index (χ0n) is 19.7. The normalized spacial score (nSPS) is 19.7. The Balaban J connectivity index is 1.81. The summed E-state index contributed by atoms with van der Waals surface area (Å²) in [6, 6.07) is 12.4. The molecule has 0 aromatic heterocycles. The van der Waals surface area contributed by atoms with Crippen LogP contribution < -0.4 is 9.64 Å². The average Bonchev–Trinajstić information content (AvgIpc) is 3.03. The van der Waals surface area contributed by atoms with E-state index in [0.717, 1.165) is 42.1 Å². The van der Waals surface area contributed by atoms with Gasteiger partial charge in [-0.05, 0) is 63.3 Å². The van der Waals surface area contributed by atoms with Crippen LogP contribution in [0.25, 0.3) is 5.76 Å². The molecule has 2 aliphatic heterocycles. The van der Waals surface area contributed by atoms with Crippen LogP contribution in [0.4, 0.5) is 5.69 Å². The van der Waals surface area contributed by atoms with Crippen molar-refractivity contribution in [3.05, 3.63) is 64.7 Å². The highest BCUT2D eigenvalue weighted by atomic mass is 16.5.